The number of fused-ring (bicyclic) bond motifs is 1. The molecule has 0 saturated carbocycles. The Hall–Kier alpha value is -0.990. The molecule has 2 heteroatoms. The maximum atomic E-state index is 5.54. The summed E-state index contributed by atoms with van der Waals surface area (Å²) in [6, 6.07) is 15.1. The Balaban J connectivity index is 1.90. The molecule has 0 spiro atoms. The van der Waals surface area contributed by atoms with Gasteiger partial charge in [0.05, 0.1) is 6.61 Å². The molecule has 0 aliphatic carbocycles. The van der Waals surface area contributed by atoms with Crippen LogP contribution in [0.4, 0.5) is 0 Å². The average Bonchev–Trinajstić information content (AvgIpc) is 2.38. The molecule has 0 unspecified atom stereocenters. The van der Waals surface area contributed by atoms with E-state index in [1.807, 2.05) is 0 Å². The summed E-state index contributed by atoms with van der Waals surface area (Å²) in [7, 11) is 0. The number of benzene rings is 2. The Labute approximate surface area is 108 Å². The minimum atomic E-state index is 0.798. The van der Waals surface area contributed by atoms with Gasteiger partial charge in [0.2, 0.25) is 0 Å². The average molecular weight is 246 g/mol. The molecule has 0 N–H and O–H groups in total. The third-order valence-corrected chi connectivity index (χ3v) is 3.11. The van der Waals surface area contributed by atoms with Crippen molar-refractivity contribution in [3.63, 3.8) is 0 Å². The zero-order valence-corrected chi connectivity index (χ0v) is 10.8. The molecule has 17 heavy (non-hydrogen) atoms. The summed E-state index contributed by atoms with van der Waals surface area (Å²) in [6.07, 6.45) is 2.01. The zero-order valence-electron chi connectivity index (χ0n) is 9.93. The van der Waals surface area contributed by atoms with Crippen molar-refractivity contribution in [2.45, 2.75) is 12.8 Å². The van der Waals surface area contributed by atoms with Crippen LogP contribution in [0.1, 0.15) is 12.0 Å². The van der Waals surface area contributed by atoms with E-state index in [-0.39, 0.29) is 0 Å². The molecule has 1 nitrogen and oxygen atoms in total. The Kier molecular flexibility index (Phi) is 4.89. The summed E-state index contributed by atoms with van der Waals surface area (Å²) < 4.78 is 5.54. The second kappa shape index (κ2) is 6.67. The van der Waals surface area contributed by atoms with Crippen molar-refractivity contribution in [1.29, 1.82) is 0 Å². The van der Waals surface area contributed by atoms with Gasteiger partial charge >= 0.3 is 0 Å². The van der Waals surface area contributed by atoms with E-state index >= 15 is 0 Å². The van der Waals surface area contributed by atoms with Gasteiger partial charge in [0.25, 0.3) is 0 Å². The van der Waals surface area contributed by atoms with Gasteiger partial charge in [-0.2, -0.15) is 12.6 Å². The van der Waals surface area contributed by atoms with Crippen molar-refractivity contribution in [3.8, 4) is 0 Å². The van der Waals surface area contributed by atoms with E-state index in [1.54, 1.807) is 0 Å². The van der Waals surface area contributed by atoms with Crippen LogP contribution in [0.2, 0.25) is 0 Å². The topological polar surface area (TPSA) is 9.23 Å². The fourth-order valence-electron chi connectivity index (χ4n) is 1.85. The van der Waals surface area contributed by atoms with E-state index in [0.717, 1.165) is 31.8 Å². The lowest BCUT2D eigenvalue weighted by Gasteiger charge is -2.05. The molecule has 0 saturated heterocycles. The highest BCUT2D eigenvalue weighted by molar-refractivity contribution is 7.80. The summed E-state index contributed by atoms with van der Waals surface area (Å²) in [5.41, 5.74) is 1.34. The van der Waals surface area contributed by atoms with E-state index in [9.17, 15) is 0 Å². The quantitative estimate of drug-likeness (QED) is 0.604. The molecule has 0 radical (unpaired) electrons. The second-order valence-corrected chi connectivity index (χ2v) is 4.57. The normalized spacial score (nSPS) is 10.9. The molecular weight excluding hydrogens is 228 g/mol. The van der Waals surface area contributed by atoms with Crippen LogP contribution < -0.4 is 0 Å². The summed E-state index contributed by atoms with van der Waals surface area (Å²) in [6.45, 7) is 1.61. The number of rotatable bonds is 6. The lowest BCUT2D eigenvalue weighted by Crippen LogP contribution is -2.00. The first kappa shape index (κ1) is 12.5. The summed E-state index contributed by atoms with van der Waals surface area (Å²) in [4.78, 5) is 0. The summed E-state index contributed by atoms with van der Waals surface area (Å²) in [5.74, 6) is 0.899. The van der Waals surface area contributed by atoms with Gasteiger partial charge in [-0.05, 0) is 34.9 Å². The van der Waals surface area contributed by atoms with Crippen molar-refractivity contribution in [3.05, 3.63) is 48.0 Å². The standard InChI is InChI=1S/C15H18OS/c17-11-3-9-16-10-8-13-6-7-14-4-1-2-5-15(14)12-13/h1-2,4-7,12,17H,3,8-11H2. The third-order valence-electron chi connectivity index (χ3n) is 2.80. The Morgan fingerprint density at radius 2 is 1.76 bits per heavy atom. The molecule has 0 fully saturated rings. The highest BCUT2D eigenvalue weighted by atomic mass is 32.1. The van der Waals surface area contributed by atoms with Gasteiger partial charge in [-0.1, -0.05) is 42.5 Å². The molecule has 0 aliphatic heterocycles. The van der Waals surface area contributed by atoms with Gasteiger partial charge in [-0.3, -0.25) is 0 Å². The van der Waals surface area contributed by atoms with Crippen molar-refractivity contribution < 1.29 is 4.74 Å². The highest BCUT2D eigenvalue weighted by Crippen LogP contribution is 2.15. The minimum Gasteiger partial charge on any atom is -0.381 e. The van der Waals surface area contributed by atoms with Gasteiger partial charge in [-0.25, -0.2) is 0 Å². The molecule has 2 rings (SSSR count). The van der Waals surface area contributed by atoms with E-state index < -0.39 is 0 Å². The van der Waals surface area contributed by atoms with Crippen molar-refractivity contribution in [2.75, 3.05) is 19.0 Å². The SMILES string of the molecule is SCCCOCCc1ccc2ccccc2c1. The summed E-state index contributed by atoms with van der Waals surface area (Å²) in [5, 5.41) is 2.60. The molecule has 0 amide bonds. The molecule has 0 aromatic heterocycles. The van der Waals surface area contributed by atoms with Gasteiger partial charge in [0.1, 0.15) is 0 Å². The van der Waals surface area contributed by atoms with Crippen LogP contribution in [0.15, 0.2) is 42.5 Å². The monoisotopic (exact) mass is 246 g/mol. The maximum absolute atomic E-state index is 5.54. The Morgan fingerprint density at radius 1 is 0.941 bits per heavy atom. The number of thiol groups is 1. The summed E-state index contributed by atoms with van der Waals surface area (Å²) >= 11 is 4.15. The molecule has 2 aromatic carbocycles. The van der Waals surface area contributed by atoms with Gasteiger partial charge < -0.3 is 4.74 Å². The number of hydrogen-bond donors (Lipinski definition) is 1. The fourth-order valence-corrected chi connectivity index (χ4v) is 1.98. The molecule has 90 valence electrons. The second-order valence-electron chi connectivity index (χ2n) is 4.12. The van der Waals surface area contributed by atoms with Crippen LogP contribution >= 0.6 is 12.6 Å². The van der Waals surface area contributed by atoms with Crippen molar-refractivity contribution in [2.24, 2.45) is 0 Å². The number of hydrogen-bond acceptors (Lipinski definition) is 2. The van der Waals surface area contributed by atoms with E-state index in [0.29, 0.717) is 0 Å². The van der Waals surface area contributed by atoms with E-state index in [2.05, 4.69) is 55.1 Å². The lowest BCUT2D eigenvalue weighted by atomic mass is 10.1. The van der Waals surface area contributed by atoms with Crippen molar-refractivity contribution in [1.82, 2.24) is 0 Å². The predicted octanol–water partition coefficient (Wildman–Crippen LogP) is 3.72. The van der Waals surface area contributed by atoms with Crippen LogP contribution in [0.5, 0.6) is 0 Å². The molecule has 0 bridgehead atoms. The third kappa shape index (κ3) is 3.76. The molecule has 0 aliphatic rings. The van der Waals surface area contributed by atoms with Crippen molar-refractivity contribution >= 4 is 23.4 Å². The molecular formula is C15H18OS. The van der Waals surface area contributed by atoms with Gasteiger partial charge in [-0.15, -0.1) is 0 Å². The van der Waals surface area contributed by atoms with Crippen LogP contribution in [-0.2, 0) is 11.2 Å². The smallest absolute Gasteiger partial charge is 0.0506 e. The van der Waals surface area contributed by atoms with Crippen LogP contribution in [0, 0.1) is 0 Å². The zero-order chi connectivity index (χ0) is 11.9. The van der Waals surface area contributed by atoms with Crippen LogP contribution in [-0.4, -0.2) is 19.0 Å². The number of ether oxygens (including phenoxy) is 1. The van der Waals surface area contributed by atoms with Crippen LogP contribution in [0.3, 0.4) is 0 Å². The predicted molar refractivity (Wildman–Crippen MR) is 76.9 cm³/mol. The van der Waals surface area contributed by atoms with Crippen LogP contribution in [0.25, 0.3) is 10.8 Å². The lowest BCUT2D eigenvalue weighted by molar-refractivity contribution is 0.138. The first-order valence-electron chi connectivity index (χ1n) is 6.06. The maximum Gasteiger partial charge on any atom is 0.0506 e. The highest BCUT2D eigenvalue weighted by Gasteiger charge is 1.96. The van der Waals surface area contributed by atoms with Gasteiger partial charge in [0, 0.05) is 6.61 Å². The largest absolute Gasteiger partial charge is 0.381 e. The molecule has 0 heterocycles. The first-order chi connectivity index (χ1) is 8.40. The van der Waals surface area contributed by atoms with Gasteiger partial charge in [0.15, 0.2) is 0 Å². The molecule has 0 atom stereocenters. The fraction of sp³-hybridized carbons (Fsp3) is 0.333. The first-order valence-corrected chi connectivity index (χ1v) is 6.69. The minimum absolute atomic E-state index is 0.798. The Morgan fingerprint density at radius 3 is 2.59 bits per heavy atom. The molecule has 2 aromatic rings. The van der Waals surface area contributed by atoms with E-state index in [4.69, 9.17) is 4.74 Å². The Bertz CT molecular complexity index is 467. The van der Waals surface area contributed by atoms with E-state index in [1.165, 1.54) is 16.3 Å².